The summed E-state index contributed by atoms with van der Waals surface area (Å²) in [6.07, 6.45) is -2.23. The van der Waals surface area contributed by atoms with Crippen molar-refractivity contribution in [3.05, 3.63) is 58.6 Å². The third-order valence-electron chi connectivity index (χ3n) is 5.95. The summed E-state index contributed by atoms with van der Waals surface area (Å²) in [5.74, 6) is -0.638. The Morgan fingerprint density at radius 3 is 2.26 bits per heavy atom. The normalized spacial score (nSPS) is 12.5. The molecule has 0 spiro atoms. The number of rotatable bonds is 13. The summed E-state index contributed by atoms with van der Waals surface area (Å²) in [4.78, 5) is 27.9. The Balaban J connectivity index is 2.51. The van der Waals surface area contributed by atoms with Crippen molar-refractivity contribution in [2.45, 2.75) is 51.9 Å². The van der Waals surface area contributed by atoms with Crippen LogP contribution >= 0.6 is 11.6 Å². The van der Waals surface area contributed by atoms with E-state index in [1.165, 1.54) is 12.0 Å². The summed E-state index contributed by atoms with van der Waals surface area (Å²) in [6.45, 7) is 3.13. The number of halogens is 4. The number of benzene rings is 2. The van der Waals surface area contributed by atoms with Gasteiger partial charge in [0.15, 0.2) is 0 Å². The summed E-state index contributed by atoms with van der Waals surface area (Å²) < 4.78 is 71.2. The Kier molecular flexibility index (Phi) is 11.5. The van der Waals surface area contributed by atoms with Crippen molar-refractivity contribution in [3.8, 4) is 5.75 Å². The second kappa shape index (κ2) is 13.9. The summed E-state index contributed by atoms with van der Waals surface area (Å²) >= 11 is 6.11. The lowest BCUT2D eigenvalue weighted by atomic mass is 10.1. The van der Waals surface area contributed by atoms with E-state index in [1.54, 1.807) is 31.2 Å². The van der Waals surface area contributed by atoms with Gasteiger partial charge in [-0.15, -0.1) is 0 Å². The summed E-state index contributed by atoms with van der Waals surface area (Å²) in [5, 5.41) is 2.51. The molecule has 0 fully saturated rings. The molecule has 0 aliphatic carbocycles. The number of amides is 2. The predicted molar refractivity (Wildman–Crippen MR) is 144 cm³/mol. The second-order valence-electron chi connectivity index (χ2n) is 8.87. The minimum Gasteiger partial charge on any atom is -0.497 e. The number of ether oxygens (including phenoxy) is 1. The minimum absolute atomic E-state index is 0.0591. The molecule has 0 aliphatic rings. The number of carbonyl (C=O) groups excluding carboxylic acids is 2. The van der Waals surface area contributed by atoms with Crippen LogP contribution in [0.15, 0.2) is 42.5 Å². The molecule has 216 valence electrons. The van der Waals surface area contributed by atoms with E-state index in [9.17, 15) is 31.2 Å². The highest BCUT2D eigenvalue weighted by Crippen LogP contribution is 2.36. The van der Waals surface area contributed by atoms with Crippen LogP contribution in [-0.4, -0.2) is 57.6 Å². The Morgan fingerprint density at radius 2 is 1.74 bits per heavy atom. The van der Waals surface area contributed by atoms with Crippen LogP contribution in [0, 0.1) is 0 Å². The molecule has 0 saturated carbocycles. The fourth-order valence-corrected chi connectivity index (χ4v) is 4.95. The van der Waals surface area contributed by atoms with Crippen LogP contribution in [0.4, 0.5) is 18.9 Å². The molecular weight excluding hydrogens is 559 g/mol. The van der Waals surface area contributed by atoms with E-state index in [0.717, 1.165) is 31.2 Å². The molecule has 1 atom stereocenters. The lowest BCUT2D eigenvalue weighted by Crippen LogP contribution is -2.52. The van der Waals surface area contributed by atoms with Gasteiger partial charge in [-0.2, -0.15) is 13.2 Å². The maximum Gasteiger partial charge on any atom is 0.416 e. The van der Waals surface area contributed by atoms with E-state index in [-0.39, 0.29) is 18.0 Å². The quantitative estimate of drug-likeness (QED) is 0.336. The predicted octanol–water partition coefficient (Wildman–Crippen LogP) is 4.86. The summed E-state index contributed by atoms with van der Waals surface area (Å²) in [5.41, 5.74) is -0.987. The van der Waals surface area contributed by atoms with Crippen molar-refractivity contribution in [3.63, 3.8) is 0 Å². The lowest BCUT2D eigenvalue weighted by molar-refractivity contribution is -0.140. The van der Waals surface area contributed by atoms with Crippen molar-refractivity contribution in [2.75, 3.05) is 30.8 Å². The number of anilines is 1. The van der Waals surface area contributed by atoms with Crippen LogP contribution in [0.5, 0.6) is 5.75 Å². The van der Waals surface area contributed by atoms with Gasteiger partial charge in [0.25, 0.3) is 0 Å². The molecule has 0 radical (unpaired) electrons. The van der Waals surface area contributed by atoms with E-state index in [2.05, 4.69) is 5.32 Å². The molecule has 0 heterocycles. The van der Waals surface area contributed by atoms with Gasteiger partial charge >= 0.3 is 6.18 Å². The third-order valence-corrected chi connectivity index (χ3v) is 7.39. The minimum atomic E-state index is -4.77. The van der Waals surface area contributed by atoms with E-state index < -0.39 is 51.9 Å². The van der Waals surface area contributed by atoms with Crippen LogP contribution in [-0.2, 0) is 32.3 Å². The van der Waals surface area contributed by atoms with Crippen LogP contribution in [0.1, 0.15) is 44.2 Å². The second-order valence-corrected chi connectivity index (χ2v) is 11.2. The molecule has 39 heavy (non-hydrogen) atoms. The molecule has 2 aromatic carbocycles. The number of nitrogens with one attached hydrogen (secondary N) is 1. The zero-order chi connectivity index (χ0) is 29.4. The first-order valence-electron chi connectivity index (χ1n) is 12.3. The number of hydrogen-bond acceptors (Lipinski definition) is 5. The van der Waals surface area contributed by atoms with Crippen molar-refractivity contribution >= 4 is 39.1 Å². The summed E-state index contributed by atoms with van der Waals surface area (Å²) in [7, 11) is -2.77. The van der Waals surface area contributed by atoms with Gasteiger partial charge in [-0.3, -0.25) is 13.9 Å². The molecule has 0 aromatic heterocycles. The molecule has 8 nitrogen and oxygen atoms in total. The van der Waals surface area contributed by atoms with E-state index in [4.69, 9.17) is 16.3 Å². The Bertz CT molecular complexity index is 1240. The number of alkyl halides is 3. The molecule has 2 amide bonds. The molecule has 0 aliphatic heterocycles. The van der Waals surface area contributed by atoms with Gasteiger partial charge < -0.3 is 15.0 Å². The first kappa shape index (κ1) is 32.2. The van der Waals surface area contributed by atoms with Gasteiger partial charge in [-0.25, -0.2) is 8.42 Å². The van der Waals surface area contributed by atoms with Crippen molar-refractivity contribution in [2.24, 2.45) is 0 Å². The highest BCUT2D eigenvalue weighted by Gasteiger charge is 2.35. The van der Waals surface area contributed by atoms with Gasteiger partial charge in [0.1, 0.15) is 18.3 Å². The van der Waals surface area contributed by atoms with Gasteiger partial charge in [-0.1, -0.05) is 44.0 Å². The first-order valence-corrected chi connectivity index (χ1v) is 14.5. The van der Waals surface area contributed by atoms with Gasteiger partial charge in [0.05, 0.1) is 29.6 Å². The molecule has 0 bridgehead atoms. The van der Waals surface area contributed by atoms with Gasteiger partial charge in [0, 0.05) is 13.1 Å². The topological polar surface area (TPSA) is 96.0 Å². The number of methoxy groups -OCH3 is 1. The number of nitrogens with zero attached hydrogens (tertiary/aromatic N) is 2. The number of unbranched alkanes of at least 4 members (excludes halogenated alkanes) is 1. The number of hydrogen-bond donors (Lipinski definition) is 1. The number of carbonyl (C=O) groups is 2. The molecule has 0 saturated heterocycles. The molecule has 0 unspecified atom stereocenters. The monoisotopic (exact) mass is 591 g/mol. The van der Waals surface area contributed by atoms with E-state index >= 15 is 0 Å². The largest absolute Gasteiger partial charge is 0.497 e. The maximum atomic E-state index is 13.7. The Labute approximate surface area is 232 Å². The fraction of sp³-hybridized carbons (Fsp3) is 0.462. The Morgan fingerprint density at radius 1 is 1.10 bits per heavy atom. The van der Waals surface area contributed by atoms with Gasteiger partial charge in [0.2, 0.25) is 21.8 Å². The van der Waals surface area contributed by atoms with Gasteiger partial charge in [-0.05, 0) is 48.7 Å². The lowest BCUT2D eigenvalue weighted by Gasteiger charge is -2.33. The van der Waals surface area contributed by atoms with E-state index in [0.29, 0.717) is 28.2 Å². The van der Waals surface area contributed by atoms with Crippen LogP contribution < -0.4 is 14.4 Å². The molecule has 13 heteroatoms. The highest BCUT2D eigenvalue weighted by atomic mass is 35.5. The highest BCUT2D eigenvalue weighted by molar-refractivity contribution is 7.92. The van der Waals surface area contributed by atoms with Crippen LogP contribution in [0.25, 0.3) is 0 Å². The molecule has 2 rings (SSSR count). The third kappa shape index (κ3) is 9.03. The zero-order valence-corrected chi connectivity index (χ0v) is 23.8. The molecule has 1 N–H and O–H groups in total. The number of sulfonamides is 1. The van der Waals surface area contributed by atoms with Crippen LogP contribution in [0.3, 0.4) is 0 Å². The average Bonchev–Trinajstić information content (AvgIpc) is 2.86. The first-order chi connectivity index (χ1) is 18.2. The molecule has 2 aromatic rings. The zero-order valence-electron chi connectivity index (χ0n) is 22.2. The van der Waals surface area contributed by atoms with E-state index in [1.807, 2.05) is 6.92 Å². The standard InChI is InChI=1S/C26H33ClF3N3O5S/c1-5-7-14-31-25(35)22(6-2)32(16-18-8-11-20(38-3)12-9-18)24(34)17-33(39(4,36)37)23-15-19(26(28,29)30)10-13-21(23)27/h8-13,15,22H,5-7,14,16-17H2,1-4H3,(H,31,35)/t22-/m1/s1. The Hall–Kier alpha value is -2.99. The van der Waals surface area contributed by atoms with Crippen LogP contribution in [0.2, 0.25) is 5.02 Å². The smallest absolute Gasteiger partial charge is 0.416 e. The van der Waals surface area contributed by atoms with Crippen molar-refractivity contribution < 1.29 is 35.9 Å². The van der Waals surface area contributed by atoms with Crippen molar-refractivity contribution in [1.29, 1.82) is 0 Å². The fourth-order valence-electron chi connectivity index (χ4n) is 3.83. The van der Waals surface area contributed by atoms with Crippen molar-refractivity contribution in [1.82, 2.24) is 10.2 Å². The summed E-state index contributed by atoms with van der Waals surface area (Å²) in [6, 6.07) is 7.99. The average molecular weight is 592 g/mol. The maximum absolute atomic E-state index is 13.7. The SMILES string of the molecule is CCCCNC(=O)[C@@H](CC)N(Cc1ccc(OC)cc1)C(=O)CN(c1cc(C(F)(F)F)ccc1Cl)S(C)(=O)=O. The molecular formula is C26H33ClF3N3O5S.